The standard InChI is InChI=1S/C19H21ClF3N5O3/c1-31-14-4-2-3-13(9-14)25-16(29)11-26-5-7-27(8-6-26)15-10-24-28(12-19(21,22)23)18(30)17(15)20/h2-4,9-10H,5-8,11-12H2,1H3,(H,25,29). The van der Waals surface area contributed by atoms with Gasteiger partial charge in [-0.2, -0.15) is 18.3 Å². The van der Waals surface area contributed by atoms with Crippen LogP contribution in [-0.4, -0.2) is 66.6 Å². The molecule has 12 heteroatoms. The van der Waals surface area contributed by atoms with Crippen LogP contribution in [0, 0.1) is 0 Å². The minimum Gasteiger partial charge on any atom is -0.497 e. The fraction of sp³-hybridized carbons (Fsp3) is 0.421. The summed E-state index contributed by atoms with van der Waals surface area (Å²) in [4.78, 5) is 28.1. The van der Waals surface area contributed by atoms with Gasteiger partial charge in [0.2, 0.25) is 5.91 Å². The summed E-state index contributed by atoms with van der Waals surface area (Å²) in [5.74, 6) is 0.449. The summed E-state index contributed by atoms with van der Waals surface area (Å²) in [6, 6.07) is 7.02. The van der Waals surface area contributed by atoms with Crippen molar-refractivity contribution in [2.24, 2.45) is 0 Å². The molecule has 1 N–H and O–H groups in total. The molecule has 0 unspecified atom stereocenters. The van der Waals surface area contributed by atoms with Gasteiger partial charge in [0.05, 0.1) is 25.5 Å². The fourth-order valence-electron chi connectivity index (χ4n) is 3.21. The van der Waals surface area contributed by atoms with Crippen LogP contribution in [0.5, 0.6) is 5.75 Å². The van der Waals surface area contributed by atoms with Gasteiger partial charge in [0.15, 0.2) is 0 Å². The van der Waals surface area contributed by atoms with E-state index in [2.05, 4.69) is 10.4 Å². The zero-order chi connectivity index (χ0) is 22.6. The smallest absolute Gasteiger partial charge is 0.408 e. The molecule has 0 atom stereocenters. The zero-order valence-corrected chi connectivity index (χ0v) is 17.4. The number of halogens is 4. The Hall–Kier alpha value is -2.79. The second-order valence-corrected chi connectivity index (χ2v) is 7.34. The maximum Gasteiger partial charge on any atom is 0.408 e. The van der Waals surface area contributed by atoms with Crippen molar-refractivity contribution in [1.29, 1.82) is 0 Å². The van der Waals surface area contributed by atoms with Crippen LogP contribution >= 0.6 is 11.6 Å². The first-order valence-electron chi connectivity index (χ1n) is 9.40. The van der Waals surface area contributed by atoms with Gasteiger partial charge in [-0.15, -0.1) is 0 Å². The van der Waals surface area contributed by atoms with Gasteiger partial charge in [0.25, 0.3) is 5.56 Å². The second kappa shape index (κ2) is 9.56. The normalized spacial score (nSPS) is 15.1. The molecular weight excluding hydrogens is 439 g/mol. The van der Waals surface area contributed by atoms with Crippen molar-refractivity contribution < 1.29 is 22.7 Å². The van der Waals surface area contributed by atoms with Crippen LogP contribution in [0.3, 0.4) is 0 Å². The van der Waals surface area contributed by atoms with Gasteiger partial charge < -0.3 is 15.0 Å². The number of rotatable bonds is 6. The molecule has 1 saturated heterocycles. The molecule has 1 fully saturated rings. The number of carbonyl (C=O) groups excluding carboxylic acids is 1. The molecule has 0 spiro atoms. The molecule has 1 aliphatic heterocycles. The molecule has 2 heterocycles. The lowest BCUT2D eigenvalue weighted by Gasteiger charge is -2.35. The number of carbonyl (C=O) groups is 1. The van der Waals surface area contributed by atoms with Gasteiger partial charge >= 0.3 is 6.18 Å². The average Bonchev–Trinajstić information content (AvgIpc) is 2.71. The van der Waals surface area contributed by atoms with Crippen LogP contribution in [0.15, 0.2) is 35.3 Å². The molecule has 1 aromatic heterocycles. The third-order valence-electron chi connectivity index (χ3n) is 4.73. The fourth-order valence-corrected chi connectivity index (χ4v) is 3.48. The SMILES string of the molecule is COc1cccc(NC(=O)CN2CCN(c3cnn(CC(F)(F)F)c(=O)c3Cl)CC2)c1. The lowest BCUT2D eigenvalue weighted by Crippen LogP contribution is -2.49. The number of methoxy groups -OCH3 is 1. The van der Waals surface area contributed by atoms with Gasteiger partial charge in [-0.05, 0) is 12.1 Å². The van der Waals surface area contributed by atoms with Crippen LogP contribution in [0.1, 0.15) is 0 Å². The molecule has 0 bridgehead atoms. The highest BCUT2D eigenvalue weighted by atomic mass is 35.5. The molecule has 31 heavy (non-hydrogen) atoms. The van der Waals surface area contributed by atoms with E-state index < -0.39 is 18.3 Å². The minimum absolute atomic E-state index is 0.171. The van der Waals surface area contributed by atoms with Gasteiger partial charge in [-0.1, -0.05) is 17.7 Å². The Morgan fingerprint density at radius 2 is 1.97 bits per heavy atom. The Labute approximate surface area is 181 Å². The number of ether oxygens (including phenoxy) is 1. The van der Waals surface area contributed by atoms with E-state index in [1.165, 1.54) is 6.20 Å². The van der Waals surface area contributed by atoms with Crippen LogP contribution in [0.25, 0.3) is 0 Å². The molecule has 0 saturated carbocycles. The summed E-state index contributed by atoms with van der Waals surface area (Å²) in [5, 5.41) is 6.10. The van der Waals surface area contributed by atoms with Crippen molar-refractivity contribution in [1.82, 2.24) is 14.7 Å². The van der Waals surface area contributed by atoms with Crippen molar-refractivity contribution in [2.75, 3.05) is 50.1 Å². The number of aromatic nitrogens is 2. The predicted octanol–water partition coefficient (Wildman–Crippen LogP) is 2.23. The van der Waals surface area contributed by atoms with E-state index in [0.717, 1.165) is 0 Å². The molecular formula is C19H21ClF3N5O3. The third-order valence-corrected chi connectivity index (χ3v) is 5.08. The number of nitrogens with zero attached hydrogens (tertiary/aromatic N) is 4. The highest BCUT2D eigenvalue weighted by Crippen LogP contribution is 2.23. The Morgan fingerprint density at radius 3 is 2.61 bits per heavy atom. The maximum atomic E-state index is 12.5. The molecule has 3 rings (SSSR count). The second-order valence-electron chi connectivity index (χ2n) is 6.97. The number of amides is 1. The van der Waals surface area contributed by atoms with Crippen molar-refractivity contribution in [2.45, 2.75) is 12.7 Å². The lowest BCUT2D eigenvalue weighted by atomic mass is 10.2. The number of alkyl halides is 3. The Kier molecular flexibility index (Phi) is 7.06. The van der Waals surface area contributed by atoms with Crippen LogP contribution in [-0.2, 0) is 11.3 Å². The highest BCUT2D eigenvalue weighted by Gasteiger charge is 2.30. The van der Waals surface area contributed by atoms with E-state index in [0.29, 0.717) is 42.3 Å². The number of hydrogen-bond donors (Lipinski definition) is 1. The van der Waals surface area contributed by atoms with Crippen molar-refractivity contribution >= 4 is 28.9 Å². The van der Waals surface area contributed by atoms with Crippen molar-refractivity contribution in [3.05, 3.63) is 45.8 Å². The van der Waals surface area contributed by atoms with Gasteiger partial charge in [0, 0.05) is 37.9 Å². The molecule has 2 aromatic rings. The molecule has 0 radical (unpaired) electrons. The first kappa shape index (κ1) is 22.9. The number of anilines is 2. The monoisotopic (exact) mass is 459 g/mol. The van der Waals surface area contributed by atoms with Crippen LogP contribution < -0.4 is 20.5 Å². The summed E-state index contributed by atoms with van der Waals surface area (Å²) >= 11 is 6.03. The first-order chi connectivity index (χ1) is 14.7. The number of benzene rings is 1. The van der Waals surface area contributed by atoms with E-state index in [1.807, 2.05) is 4.90 Å². The van der Waals surface area contributed by atoms with Crippen LogP contribution in [0.4, 0.5) is 24.5 Å². The molecule has 1 aromatic carbocycles. The van der Waals surface area contributed by atoms with E-state index in [-0.39, 0.29) is 23.2 Å². The van der Waals surface area contributed by atoms with E-state index in [1.54, 1.807) is 36.3 Å². The van der Waals surface area contributed by atoms with E-state index >= 15 is 0 Å². The van der Waals surface area contributed by atoms with Gasteiger partial charge in [-0.3, -0.25) is 14.5 Å². The zero-order valence-electron chi connectivity index (χ0n) is 16.7. The molecule has 0 aliphatic carbocycles. The number of nitrogens with one attached hydrogen (secondary N) is 1. The van der Waals surface area contributed by atoms with Gasteiger partial charge in [-0.25, -0.2) is 4.68 Å². The first-order valence-corrected chi connectivity index (χ1v) is 9.77. The topological polar surface area (TPSA) is 79.7 Å². The largest absolute Gasteiger partial charge is 0.497 e. The van der Waals surface area contributed by atoms with Gasteiger partial charge in [0.1, 0.15) is 17.3 Å². The Bertz CT molecular complexity index is 990. The Morgan fingerprint density at radius 1 is 1.26 bits per heavy atom. The predicted molar refractivity (Wildman–Crippen MR) is 110 cm³/mol. The molecule has 1 aliphatic rings. The number of hydrogen-bond acceptors (Lipinski definition) is 6. The van der Waals surface area contributed by atoms with E-state index in [4.69, 9.17) is 16.3 Å². The lowest BCUT2D eigenvalue weighted by molar-refractivity contribution is -0.143. The highest BCUT2D eigenvalue weighted by molar-refractivity contribution is 6.33. The van der Waals surface area contributed by atoms with Crippen LogP contribution in [0.2, 0.25) is 5.02 Å². The minimum atomic E-state index is -4.57. The third kappa shape index (κ3) is 6.11. The molecule has 8 nitrogen and oxygen atoms in total. The quantitative estimate of drug-likeness (QED) is 0.713. The Balaban J connectivity index is 1.56. The summed E-state index contributed by atoms with van der Waals surface area (Å²) in [6.45, 7) is 0.570. The maximum absolute atomic E-state index is 12.5. The number of piperazine rings is 1. The molecule has 1 amide bonds. The molecule has 168 valence electrons. The summed E-state index contributed by atoms with van der Waals surface area (Å²) < 4.78 is 43.0. The summed E-state index contributed by atoms with van der Waals surface area (Å²) in [6.07, 6.45) is -3.40. The summed E-state index contributed by atoms with van der Waals surface area (Å²) in [7, 11) is 1.54. The average molecular weight is 460 g/mol. The van der Waals surface area contributed by atoms with Crippen molar-refractivity contribution in [3.63, 3.8) is 0 Å². The van der Waals surface area contributed by atoms with Crippen molar-refractivity contribution in [3.8, 4) is 5.75 Å². The summed E-state index contributed by atoms with van der Waals surface area (Å²) in [5.41, 5.74) is -0.0811. The van der Waals surface area contributed by atoms with E-state index in [9.17, 15) is 22.8 Å².